The number of hydrogen-bond donors (Lipinski definition) is 2. The van der Waals surface area contributed by atoms with Gasteiger partial charge in [-0.15, -0.1) is 0 Å². The van der Waals surface area contributed by atoms with Crippen molar-refractivity contribution < 1.29 is 22.9 Å². The van der Waals surface area contributed by atoms with Crippen molar-refractivity contribution in [3.8, 4) is 0 Å². The molecular formula is C12H14F3N3O3. The smallest absolute Gasteiger partial charge is 0.388 e. The van der Waals surface area contributed by atoms with Gasteiger partial charge in [0.2, 0.25) is 0 Å². The number of amides is 1. The molecule has 1 amide bonds. The fourth-order valence-electron chi connectivity index (χ4n) is 1.62. The number of nitrogens with one attached hydrogen (secondary N) is 2. The molecule has 2 N–H and O–H groups in total. The first-order chi connectivity index (χ1) is 9.74. The van der Waals surface area contributed by atoms with Gasteiger partial charge in [0.1, 0.15) is 5.56 Å². The average molecular weight is 305 g/mol. The second-order valence-corrected chi connectivity index (χ2v) is 4.21. The number of nitro benzene ring substituents is 1. The first-order valence-electron chi connectivity index (χ1n) is 6.05. The van der Waals surface area contributed by atoms with E-state index >= 15 is 0 Å². The van der Waals surface area contributed by atoms with Gasteiger partial charge in [0.15, 0.2) is 0 Å². The molecule has 1 aromatic rings. The van der Waals surface area contributed by atoms with E-state index in [1.807, 2.05) is 0 Å². The molecular weight excluding hydrogens is 291 g/mol. The normalized spacial score (nSPS) is 11.0. The molecule has 0 unspecified atom stereocenters. The Bertz CT molecular complexity index is 532. The van der Waals surface area contributed by atoms with E-state index in [-0.39, 0.29) is 18.5 Å². The molecule has 1 aromatic carbocycles. The van der Waals surface area contributed by atoms with Crippen LogP contribution in [-0.4, -0.2) is 30.6 Å². The van der Waals surface area contributed by atoms with Crippen LogP contribution in [0.4, 0.5) is 24.5 Å². The summed E-state index contributed by atoms with van der Waals surface area (Å²) < 4.78 is 35.9. The second-order valence-electron chi connectivity index (χ2n) is 4.21. The maximum Gasteiger partial charge on any atom is 0.389 e. The zero-order valence-electron chi connectivity index (χ0n) is 11.2. The van der Waals surface area contributed by atoms with E-state index in [0.29, 0.717) is 5.69 Å². The molecule has 0 fully saturated rings. The molecule has 116 valence electrons. The molecule has 0 aliphatic heterocycles. The van der Waals surface area contributed by atoms with Gasteiger partial charge in [-0.2, -0.15) is 13.2 Å². The molecule has 0 aromatic heterocycles. The third-order valence-electron chi connectivity index (χ3n) is 2.65. The van der Waals surface area contributed by atoms with Gasteiger partial charge in [-0.25, -0.2) is 0 Å². The number of halogens is 3. The molecule has 0 radical (unpaired) electrons. The average Bonchev–Trinajstić information content (AvgIpc) is 2.41. The van der Waals surface area contributed by atoms with Crippen LogP contribution >= 0.6 is 0 Å². The molecule has 0 aliphatic rings. The fraction of sp³-hybridized carbons (Fsp3) is 0.417. The van der Waals surface area contributed by atoms with E-state index in [1.54, 1.807) is 7.05 Å². The van der Waals surface area contributed by atoms with Gasteiger partial charge < -0.3 is 10.6 Å². The van der Waals surface area contributed by atoms with Gasteiger partial charge in [0, 0.05) is 31.8 Å². The van der Waals surface area contributed by atoms with Gasteiger partial charge >= 0.3 is 6.18 Å². The van der Waals surface area contributed by atoms with Crippen LogP contribution < -0.4 is 10.6 Å². The molecule has 0 saturated carbocycles. The van der Waals surface area contributed by atoms with Crippen molar-refractivity contribution in [3.05, 3.63) is 33.9 Å². The van der Waals surface area contributed by atoms with Crippen LogP contribution in [0, 0.1) is 10.1 Å². The lowest BCUT2D eigenvalue weighted by Crippen LogP contribution is -2.26. The van der Waals surface area contributed by atoms with Crippen LogP contribution in [-0.2, 0) is 0 Å². The number of anilines is 1. The molecule has 0 heterocycles. The quantitative estimate of drug-likeness (QED) is 0.481. The maximum atomic E-state index is 12.0. The standard InChI is InChI=1S/C12H14F3N3O3/c1-16-8-3-4-10(18(20)21)9(7-8)11(19)17-6-2-5-12(13,14)15/h3-4,7,16H,2,5-6H2,1H3,(H,17,19). The highest BCUT2D eigenvalue weighted by Gasteiger charge is 2.26. The minimum absolute atomic E-state index is 0.196. The van der Waals surface area contributed by atoms with Crippen LogP contribution in [0.2, 0.25) is 0 Å². The third-order valence-corrected chi connectivity index (χ3v) is 2.65. The highest BCUT2D eigenvalue weighted by Crippen LogP contribution is 2.23. The molecule has 1 rings (SSSR count). The Kier molecular flexibility index (Phi) is 5.51. The Morgan fingerprint density at radius 1 is 1.38 bits per heavy atom. The number of carbonyl (C=O) groups excluding carboxylic acids is 1. The minimum Gasteiger partial charge on any atom is -0.388 e. The van der Waals surface area contributed by atoms with Gasteiger partial charge in [-0.1, -0.05) is 0 Å². The summed E-state index contributed by atoms with van der Waals surface area (Å²) in [4.78, 5) is 22.0. The van der Waals surface area contributed by atoms with E-state index in [2.05, 4.69) is 10.6 Å². The predicted octanol–water partition coefficient (Wildman–Crippen LogP) is 2.71. The van der Waals surface area contributed by atoms with E-state index < -0.39 is 29.1 Å². The van der Waals surface area contributed by atoms with Crippen molar-refractivity contribution in [1.82, 2.24) is 5.32 Å². The molecule has 0 atom stereocenters. The summed E-state index contributed by atoms with van der Waals surface area (Å²) in [6.45, 7) is -0.209. The summed E-state index contributed by atoms with van der Waals surface area (Å²) in [5.41, 5.74) is -0.109. The first kappa shape index (κ1) is 16.7. The van der Waals surface area contributed by atoms with Crippen molar-refractivity contribution >= 4 is 17.3 Å². The Labute approximate surface area is 118 Å². The van der Waals surface area contributed by atoms with Crippen LogP contribution in [0.1, 0.15) is 23.2 Å². The number of benzene rings is 1. The van der Waals surface area contributed by atoms with E-state index in [9.17, 15) is 28.1 Å². The first-order valence-corrected chi connectivity index (χ1v) is 6.05. The lowest BCUT2D eigenvalue weighted by atomic mass is 10.1. The Morgan fingerprint density at radius 2 is 2.05 bits per heavy atom. The minimum atomic E-state index is -4.29. The summed E-state index contributed by atoms with van der Waals surface area (Å²) in [5.74, 6) is -0.777. The van der Waals surface area contributed by atoms with Crippen molar-refractivity contribution in [3.63, 3.8) is 0 Å². The molecule has 0 aliphatic carbocycles. The second kappa shape index (κ2) is 6.91. The van der Waals surface area contributed by atoms with Crippen LogP contribution in [0.15, 0.2) is 18.2 Å². The zero-order valence-corrected chi connectivity index (χ0v) is 11.2. The topological polar surface area (TPSA) is 84.3 Å². The highest BCUT2D eigenvalue weighted by molar-refractivity contribution is 5.99. The van der Waals surface area contributed by atoms with Crippen molar-refractivity contribution in [2.45, 2.75) is 19.0 Å². The van der Waals surface area contributed by atoms with Gasteiger partial charge in [0.05, 0.1) is 4.92 Å². The van der Waals surface area contributed by atoms with Gasteiger partial charge in [-0.3, -0.25) is 14.9 Å². The van der Waals surface area contributed by atoms with Crippen molar-refractivity contribution in [2.24, 2.45) is 0 Å². The summed E-state index contributed by atoms with van der Waals surface area (Å²) in [7, 11) is 1.58. The summed E-state index contributed by atoms with van der Waals surface area (Å²) >= 11 is 0. The van der Waals surface area contributed by atoms with Crippen molar-refractivity contribution in [1.29, 1.82) is 0 Å². The van der Waals surface area contributed by atoms with Gasteiger partial charge in [-0.05, 0) is 18.6 Å². The monoisotopic (exact) mass is 305 g/mol. The lowest BCUT2D eigenvalue weighted by Gasteiger charge is -2.09. The number of alkyl halides is 3. The number of rotatable bonds is 6. The predicted molar refractivity (Wildman–Crippen MR) is 70.3 cm³/mol. The van der Waals surface area contributed by atoms with Crippen LogP contribution in [0.3, 0.4) is 0 Å². The van der Waals surface area contributed by atoms with E-state index in [4.69, 9.17) is 0 Å². The summed E-state index contributed by atoms with van der Waals surface area (Å²) in [5, 5.41) is 15.8. The summed E-state index contributed by atoms with van der Waals surface area (Å²) in [6.07, 6.45) is -5.59. The SMILES string of the molecule is CNc1ccc([N+](=O)[O-])c(C(=O)NCCCC(F)(F)F)c1. The number of carbonyl (C=O) groups is 1. The lowest BCUT2D eigenvalue weighted by molar-refractivity contribution is -0.385. The third kappa shape index (κ3) is 5.28. The Morgan fingerprint density at radius 3 is 2.57 bits per heavy atom. The van der Waals surface area contributed by atoms with E-state index in [1.165, 1.54) is 12.1 Å². The molecule has 21 heavy (non-hydrogen) atoms. The van der Waals surface area contributed by atoms with Crippen LogP contribution in [0.25, 0.3) is 0 Å². The fourth-order valence-corrected chi connectivity index (χ4v) is 1.62. The Balaban J connectivity index is 2.74. The number of nitrogens with zero attached hydrogens (tertiary/aromatic N) is 1. The molecule has 0 bridgehead atoms. The molecule has 0 saturated heterocycles. The summed E-state index contributed by atoms with van der Waals surface area (Å²) in [6, 6.07) is 3.87. The highest BCUT2D eigenvalue weighted by atomic mass is 19.4. The zero-order chi connectivity index (χ0) is 16.0. The number of hydrogen-bond acceptors (Lipinski definition) is 4. The van der Waals surface area contributed by atoms with E-state index in [0.717, 1.165) is 6.07 Å². The van der Waals surface area contributed by atoms with Crippen LogP contribution in [0.5, 0.6) is 0 Å². The molecule has 0 spiro atoms. The van der Waals surface area contributed by atoms with Gasteiger partial charge in [0.25, 0.3) is 11.6 Å². The Hall–Kier alpha value is -2.32. The van der Waals surface area contributed by atoms with Crippen molar-refractivity contribution in [2.75, 3.05) is 18.9 Å². The maximum absolute atomic E-state index is 12.0. The molecule has 6 nitrogen and oxygen atoms in total. The number of nitro groups is 1. The molecule has 9 heteroatoms. The largest absolute Gasteiger partial charge is 0.389 e.